The van der Waals surface area contributed by atoms with Crippen molar-refractivity contribution < 1.29 is 23.7 Å². The predicted octanol–water partition coefficient (Wildman–Crippen LogP) is 1.51. The van der Waals surface area contributed by atoms with E-state index < -0.39 is 6.10 Å². The molecule has 2 N–H and O–H groups in total. The van der Waals surface area contributed by atoms with Gasteiger partial charge in [-0.05, 0) is 17.7 Å². The quantitative estimate of drug-likeness (QED) is 0.786. The minimum atomic E-state index is -0.693. The number of morpholine rings is 1. The second-order valence-electron chi connectivity index (χ2n) is 6.77. The fourth-order valence-electron chi connectivity index (χ4n) is 3.10. The van der Waals surface area contributed by atoms with Crippen LogP contribution in [0.5, 0.6) is 17.2 Å². The number of rotatable bonds is 6. The molecule has 1 fully saturated rings. The summed E-state index contributed by atoms with van der Waals surface area (Å²) < 4.78 is 22.8. The van der Waals surface area contributed by atoms with Gasteiger partial charge in [0.15, 0.2) is 11.5 Å². The van der Waals surface area contributed by atoms with Crippen molar-refractivity contribution in [1.29, 1.82) is 0 Å². The van der Waals surface area contributed by atoms with Crippen molar-refractivity contribution in [2.24, 2.45) is 0 Å². The number of carbonyl (C=O) groups is 1. The summed E-state index contributed by atoms with van der Waals surface area (Å²) in [5.74, 6) is 1.58. The van der Waals surface area contributed by atoms with Crippen LogP contribution in [0.3, 0.4) is 0 Å². The molecule has 28 heavy (non-hydrogen) atoms. The van der Waals surface area contributed by atoms with Crippen molar-refractivity contribution in [3.05, 3.63) is 54.1 Å². The van der Waals surface area contributed by atoms with Crippen LogP contribution in [0.4, 0.5) is 0 Å². The van der Waals surface area contributed by atoms with Gasteiger partial charge in [0.05, 0.1) is 13.2 Å². The average molecular weight is 384 g/mol. The minimum Gasteiger partial charge on any atom is -0.489 e. The molecule has 0 saturated carbocycles. The van der Waals surface area contributed by atoms with Crippen LogP contribution < -0.4 is 24.8 Å². The van der Waals surface area contributed by atoms with Gasteiger partial charge in [-0.15, -0.1) is 0 Å². The highest BCUT2D eigenvalue weighted by atomic mass is 16.6. The van der Waals surface area contributed by atoms with Gasteiger partial charge in [0.1, 0.15) is 19.0 Å². The van der Waals surface area contributed by atoms with E-state index in [1.807, 2.05) is 36.4 Å². The number of hydrogen-bond acceptors (Lipinski definition) is 6. The Bertz CT molecular complexity index is 793. The van der Waals surface area contributed by atoms with Crippen LogP contribution in [0.1, 0.15) is 5.56 Å². The highest BCUT2D eigenvalue weighted by Crippen LogP contribution is 2.35. The van der Waals surface area contributed by atoms with Crippen LogP contribution in [0.15, 0.2) is 48.5 Å². The summed E-state index contributed by atoms with van der Waals surface area (Å²) in [6.45, 7) is 3.22. The Balaban J connectivity index is 1.32. The number of benzene rings is 2. The number of hydrogen-bond donors (Lipinski definition) is 2. The molecule has 2 unspecified atom stereocenters. The summed E-state index contributed by atoms with van der Waals surface area (Å²) in [5.41, 5.74) is 1.08. The molecule has 2 aromatic rings. The molecule has 7 nitrogen and oxygen atoms in total. The summed E-state index contributed by atoms with van der Waals surface area (Å²) in [7, 11) is 0. The van der Waals surface area contributed by atoms with E-state index in [2.05, 4.69) is 10.6 Å². The highest BCUT2D eigenvalue weighted by Gasteiger charge is 2.28. The molecule has 2 aliphatic heterocycles. The summed E-state index contributed by atoms with van der Waals surface area (Å²) in [6.07, 6.45) is -0.693. The maximum absolute atomic E-state index is 12.4. The molecule has 1 amide bonds. The monoisotopic (exact) mass is 384 g/mol. The summed E-state index contributed by atoms with van der Waals surface area (Å²) in [4.78, 5) is 12.4. The zero-order chi connectivity index (χ0) is 19.2. The molecule has 7 heteroatoms. The predicted molar refractivity (Wildman–Crippen MR) is 103 cm³/mol. The van der Waals surface area contributed by atoms with E-state index in [0.29, 0.717) is 43.6 Å². The third kappa shape index (κ3) is 4.74. The van der Waals surface area contributed by atoms with E-state index in [-0.39, 0.29) is 18.6 Å². The zero-order valence-corrected chi connectivity index (χ0v) is 15.6. The van der Waals surface area contributed by atoms with Crippen molar-refractivity contribution in [2.45, 2.75) is 18.8 Å². The van der Waals surface area contributed by atoms with Crippen molar-refractivity contribution in [2.75, 3.05) is 32.9 Å². The molecule has 1 saturated heterocycles. The number of amides is 1. The molecule has 2 aliphatic rings. The highest BCUT2D eigenvalue weighted by molar-refractivity contribution is 5.81. The maximum Gasteiger partial charge on any atom is 0.264 e. The largest absolute Gasteiger partial charge is 0.489 e. The average Bonchev–Trinajstić information content (AvgIpc) is 2.77. The van der Waals surface area contributed by atoms with Gasteiger partial charge in [0.2, 0.25) is 6.10 Å². The van der Waals surface area contributed by atoms with Gasteiger partial charge >= 0.3 is 0 Å². The molecule has 2 aromatic carbocycles. The lowest BCUT2D eigenvalue weighted by molar-refractivity contribution is -0.130. The molecule has 0 bridgehead atoms. The molecule has 148 valence electrons. The van der Waals surface area contributed by atoms with Crippen LogP contribution in [0, 0.1) is 0 Å². The van der Waals surface area contributed by atoms with Gasteiger partial charge < -0.3 is 29.6 Å². The van der Waals surface area contributed by atoms with E-state index in [9.17, 15) is 4.79 Å². The van der Waals surface area contributed by atoms with Gasteiger partial charge in [-0.25, -0.2) is 0 Å². The first-order valence-electron chi connectivity index (χ1n) is 9.47. The van der Waals surface area contributed by atoms with Gasteiger partial charge in [0.25, 0.3) is 5.91 Å². The standard InChI is InChI=1S/C21H24N2O5/c24-21(23-11-16-13-25-9-8-22-16)20-14-27-18-7-6-17(10-19(18)28-20)26-12-15-4-2-1-3-5-15/h1-7,10,16,20,22H,8-9,11-14H2,(H,23,24). The first-order chi connectivity index (χ1) is 13.8. The molecule has 0 radical (unpaired) electrons. The Morgan fingerprint density at radius 1 is 1.14 bits per heavy atom. The molecule has 2 heterocycles. The smallest absolute Gasteiger partial charge is 0.264 e. The summed E-state index contributed by atoms with van der Waals surface area (Å²) in [6, 6.07) is 15.4. The van der Waals surface area contributed by atoms with E-state index in [0.717, 1.165) is 12.1 Å². The molecule has 0 aromatic heterocycles. The molecule has 0 spiro atoms. The molecular formula is C21H24N2O5. The fraction of sp³-hybridized carbons (Fsp3) is 0.381. The first kappa shape index (κ1) is 18.6. The Labute approximate surface area is 163 Å². The lowest BCUT2D eigenvalue weighted by Crippen LogP contribution is -2.51. The second-order valence-corrected chi connectivity index (χ2v) is 6.77. The maximum atomic E-state index is 12.4. The SMILES string of the molecule is O=C(NCC1COCCN1)C1COc2ccc(OCc3ccccc3)cc2O1. The van der Waals surface area contributed by atoms with E-state index in [4.69, 9.17) is 18.9 Å². The lowest BCUT2D eigenvalue weighted by atomic mass is 10.2. The Morgan fingerprint density at radius 3 is 2.86 bits per heavy atom. The van der Waals surface area contributed by atoms with Gasteiger partial charge in [-0.2, -0.15) is 0 Å². The first-order valence-corrected chi connectivity index (χ1v) is 9.47. The molecule has 2 atom stereocenters. The summed E-state index contributed by atoms with van der Waals surface area (Å²) >= 11 is 0. The second kappa shape index (κ2) is 8.95. The Hall–Kier alpha value is -2.77. The van der Waals surface area contributed by atoms with E-state index >= 15 is 0 Å². The third-order valence-electron chi connectivity index (χ3n) is 4.64. The topological polar surface area (TPSA) is 78.1 Å². The Kier molecular flexibility index (Phi) is 5.94. The normalized spacial score (nSPS) is 21.0. The van der Waals surface area contributed by atoms with Gasteiger partial charge in [-0.1, -0.05) is 30.3 Å². The van der Waals surface area contributed by atoms with Crippen LogP contribution in [-0.2, 0) is 16.1 Å². The van der Waals surface area contributed by atoms with Crippen LogP contribution >= 0.6 is 0 Å². The van der Waals surface area contributed by atoms with E-state index in [1.165, 1.54) is 0 Å². The van der Waals surface area contributed by atoms with Crippen molar-refractivity contribution in [3.63, 3.8) is 0 Å². The summed E-state index contributed by atoms with van der Waals surface area (Å²) in [5, 5.41) is 6.20. The molecule has 4 rings (SSSR count). The number of fused-ring (bicyclic) bond motifs is 1. The van der Waals surface area contributed by atoms with Crippen molar-refractivity contribution in [1.82, 2.24) is 10.6 Å². The lowest BCUT2D eigenvalue weighted by Gasteiger charge is -2.28. The number of ether oxygens (including phenoxy) is 4. The van der Waals surface area contributed by atoms with Crippen LogP contribution in [-0.4, -0.2) is 51.0 Å². The van der Waals surface area contributed by atoms with Gasteiger partial charge in [-0.3, -0.25) is 4.79 Å². The zero-order valence-electron chi connectivity index (χ0n) is 15.6. The molecule has 0 aliphatic carbocycles. The van der Waals surface area contributed by atoms with E-state index in [1.54, 1.807) is 12.1 Å². The molecular weight excluding hydrogens is 360 g/mol. The van der Waals surface area contributed by atoms with Crippen molar-refractivity contribution in [3.8, 4) is 17.2 Å². The van der Waals surface area contributed by atoms with Crippen LogP contribution in [0.25, 0.3) is 0 Å². The van der Waals surface area contributed by atoms with Crippen molar-refractivity contribution >= 4 is 5.91 Å². The Morgan fingerprint density at radius 2 is 2.04 bits per heavy atom. The van der Waals surface area contributed by atoms with Crippen LogP contribution in [0.2, 0.25) is 0 Å². The number of nitrogens with one attached hydrogen (secondary N) is 2. The fourth-order valence-corrected chi connectivity index (χ4v) is 3.10. The van der Waals surface area contributed by atoms with Gasteiger partial charge in [0, 0.05) is 25.2 Å². The number of carbonyl (C=O) groups excluding carboxylic acids is 1. The third-order valence-corrected chi connectivity index (χ3v) is 4.64. The minimum absolute atomic E-state index is 0.118.